The van der Waals surface area contributed by atoms with Crippen LogP contribution in [0.25, 0.3) is 0 Å². The minimum atomic E-state index is -0.184. The van der Waals surface area contributed by atoms with E-state index in [4.69, 9.17) is 0 Å². The fourth-order valence-electron chi connectivity index (χ4n) is 0.722. The molecule has 1 aromatic heterocycles. The lowest BCUT2D eigenvalue weighted by atomic mass is 10.2. The summed E-state index contributed by atoms with van der Waals surface area (Å²) in [6.07, 6.45) is 0. The van der Waals surface area contributed by atoms with E-state index in [9.17, 15) is 4.79 Å². The topological polar surface area (TPSA) is 58.1 Å². The normalized spacial score (nSPS) is 10.4. The first-order valence-electron chi connectivity index (χ1n) is 4.32. The van der Waals surface area contributed by atoms with Crippen molar-refractivity contribution in [2.45, 2.75) is 19.8 Å². The molecule has 78 valence electrons. The molecule has 0 aromatic carbocycles. The number of carbonyl (C=O) groups is 1. The predicted octanol–water partition coefficient (Wildman–Crippen LogP) is 1.76. The number of carbonyl (C=O) groups excluding carboxylic acids is 1. The smallest absolute Gasteiger partial charge is 0.323 e. The first kappa shape index (κ1) is 10.9. The first-order chi connectivity index (χ1) is 6.50. The highest BCUT2D eigenvalue weighted by Gasteiger charge is 2.10. The fourth-order valence-corrected chi connectivity index (χ4v) is 1.46. The number of hydrogen-bond acceptors (Lipinski definition) is 4. The molecule has 0 aliphatic carbocycles. The maximum atomic E-state index is 11.2. The Labute approximate surface area is 87.1 Å². The van der Waals surface area contributed by atoms with Crippen molar-refractivity contribution >= 4 is 22.5 Å². The number of amides is 2. The molecule has 0 radical (unpaired) electrons. The summed E-state index contributed by atoms with van der Waals surface area (Å²) in [5.74, 6) is 0.345. The molecule has 5 nitrogen and oxygen atoms in total. The first-order valence-corrected chi connectivity index (χ1v) is 5.14. The molecule has 1 heterocycles. The van der Waals surface area contributed by atoms with E-state index in [1.807, 2.05) is 13.8 Å². The van der Waals surface area contributed by atoms with Gasteiger partial charge in [0.2, 0.25) is 5.13 Å². The zero-order valence-corrected chi connectivity index (χ0v) is 9.55. The molecule has 0 saturated heterocycles. The summed E-state index contributed by atoms with van der Waals surface area (Å²) < 4.78 is 0. The van der Waals surface area contributed by atoms with Gasteiger partial charge in [0, 0.05) is 20.0 Å². The second-order valence-corrected chi connectivity index (χ2v) is 4.43. The molecule has 0 unspecified atom stereocenters. The van der Waals surface area contributed by atoms with Gasteiger partial charge < -0.3 is 4.90 Å². The number of nitrogens with one attached hydrogen (secondary N) is 1. The SMILES string of the molecule is CC(C)c1nnc(NC(=O)N(C)C)s1. The van der Waals surface area contributed by atoms with E-state index in [0.29, 0.717) is 11.0 Å². The Morgan fingerprint density at radius 1 is 1.43 bits per heavy atom. The third-order valence-corrected chi connectivity index (χ3v) is 2.69. The molecule has 0 fully saturated rings. The molecule has 0 atom stereocenters. The molecule has 2 amide bonds. The highest BCUT2D eigenvalue weighted by molar-refractivity contribution is 7.15. The van der Waals surface area contributed by atoms with Crippen LogP contribution in [0.15, 0.2) is 0 Å². The van der Waals surface area contributed by atoms with Crippen LogP contribution in [0.2, 0.25) is 0 Å². The summed E-state index contributed by atoms with van der Waals surface area (Å²) in [6, 6.07) is -0.184. The fraction of sp³-hybridized carbons (Fsp3) is 0.625. The zero-order valence-electron chi connectivity index (χ0n) is 8.74. The van der Waals surface area contributed by atoms with E-state index in [0.717, 1.165) is 5.01 Å². The van der Waals surface area contributed by atoms with E-state index < -0.39 is 0 Å². The summed E-state index contributed by atoms with van der Waals surface area (Å²) in [4.78, 5) is 12.7. The lowest BCUT2D eigenvalue weighted by Gasteiger charge is -2.08. The Morgan fingerprint density at radius 2 is 2.07 bits per heavy atom. The van der Waals surface area contributed by atoms with Crippen LogP contribution in [0, 0.1) is 0 Å². The molecule has 0 spiro atoms. The average molecular weight is 214 g/mol. The summed E-state index contributed by atoms with van der Waals surface area (Å²) in [6.45, 7) is 4.08. The van der Waals surface area contributed by atoms with E-state index in [-0.39, 0.29) is 6.03 Å². The molecular formula is C8H14N4OS. The summed E-state index contributed by atoms with van der Waals surface area (Å²) in [7, 11) is 3.36. The van der Waals surface area contributed by atoms with Crippen molar-refractivity contribution in [2.24, 2.45) is 0 Å². The number of hydrogen-bond donors (Lipinski definition) is 1. The summed E-state index contributed by atoms with van der Waals surface area (Å²) in [5.41, 5.74) is 0. The van der Waals surface area contributed by atoms with Crippen molar-refractivity contribution in [1.82, 2.24) is 15.1 Å². The Bertz CT molecular complexity index is 321. The monoisotopic (exact) mass is 214 g/mol. The van der Waals surface area contributed by atoms with Crippen LogP contribution in [0.4, 0.5) is 9.93 Å². The summed E-state index contributed by atoms with van der Waals surface area (Å²) >= 11 is 1.41. The van der Waals surface area contributed by atoms with Crippen molar-refractivity contribution in [3.63, 3.8) is 0 Å². The van der Waals surface area contributed by atoms with E-state index in [1.165, 1.54) is 16.2 Å². The number of rotatable bonds is 2. The molecule has 0 aliphatic heterocycles. The molecule has 6 heteroatoms. The molecule has 1 N–H and O–H groups in total. The second kappa shape index (κ2) is 4.36. The predicted molar refractivity (Wildman–Crippen MR) is 56.7 cm³/mol. The van der Waals surface area contributed by atoms with Crippen molar-refractivity contribution in [3.05, 3.63) is 5.01 Å². The van der Waals surface area contributed by atoms with Gasteiger partial charge in [0.05, 0.1) is 0 Å². The molecule has 0 bridgehead atoms. The van der Waals surface area contributed by atoms with Crippen molar-refractivity contribution in [2.75, 3.05) is 19.4 Å². The number of urea groups is 1. The van der Waals surface area contributed by atoms with Gasteiger partial charge in [-0.1, -0.05) is 25.2 Å². The van der Waals surface area contributed by atoms with Crippen molar-refractivity contribution in [3.8, 4) is 0 Å². The van der Waals surface area contributed by atoms with Gasteiger partial charge >= 0.3 is 6.03 Å². The van der Waals surface area contributed by atoms with Gasteiger partial charge in [-0.15, -0.1) is 10.2 Å². The summed E-state index contributed by atoms with van der Waals surface area (Å²) in [5, 5.41) is 12.0. The third-order valence-electron chi connectivity index (χ3n) is 1.55. The number of anilines is 1. The lowest BCUT2D eigenvalue weighted by Crippen LogP contribution is -2.27. The highest BCUT2D eigenvalue weighted by Crippen LogP contribution is 2.22. The van der Waals surface area contributed by atoms with Crippen LogP contribution in [0.3, 0.4) is 0 Å². The largest absolute Gasteiger partial charge is 0.331 e. The van der Waals surface area contributed by atoms with Crippen LogP contribution >= 0.6 is 11.3 Å². The Kier molecular flexibility index (Phi) is 3.40. The Hall–Kier alpha value is -1.17. The van der Waals surface area contributed by atoms with Gasteiger partial charge in [-0.05, 0) is 0 Å². The zero-order chi connectivity index (χ0) is 10.7. The number of aromatic nitrogens is 2. The van der Waals surface area contributed by atoms with Gasteiger partial charge in [0.25, 0.3) is 0 Å². The van der Waals surface area contributed by atoms with E-state index >= 15 is 0 Å². The second-order valence-electron chi connectivity index (χ2n) is 3.42. The number of nitrogens with zero attached hydrogens (tertiary/aromatic N) is 3. The average Bonchev–Trinajstić information content (AvgIpc) is 2.52. The minimum Gasteiger partial charge on any atom is -0.331 e. The standard InChI is InChI=1S/C8H14N4OS/c1-5(2)6-10-11-7(14-6)9-8(13)12(3)4/h5H,1-4H3,(H,9,11,13). The minimum absolute atomic E-state index is 0.184. The van der Waals surface area contributed by atoms with E-state index in [1.54, 1.807) is 14.1 Å². The maximum Gasteiger partial charge on any atom is 0.323 e. The van der Waals surface area contributed by atoms with Gasteiger partial charge in [-0.3, -0.25) is 5.32 Å². The van der Waals surface area contributed by atoms with Gasteiger partial charge in [-0.25, -0.2) is 4.79 Å². The molecule has 1 rings (SSSR count). The maximum absolute atomic E-state index is 11.2. The van der Waals surface area contributed by atoms with Gasteiger partial charge in [-0.2, -0.15) is 0 Å². The Morgan fingerprint density at radius 3 is 2.50 bits per heavy atom. The van der Waals surface area contributed by atoms with Crippen LogP contribution < -0.4 is 5.32 Å². The van der Waals surface area contributed by atoms with E-state index in [2.05, 4.69) is 15.5 Å². The third kappa shape index (κ3) is 2.66. The Balaban J connectivity index is 2.64. The quantitative estimate of drug-likeness (QED) is 0.816. The molecule has 0 saturated carbocycles. The molecular weight excluding hydrogens is 200 g/mol. The van der Waals surface area contributed by atoms with Gasteiger partial charge in [0.1, 0.15) is 5.01 Å². The highest BCUT2D eigenvalue weighted by atomic mass is 32.1. The lowest BCUT2D eigenvalue weighted by molar-refractivity contribution is 0.230. The molecule has 1 aromatic rings. The molecule has 14 heavy (non-hydrogen) atoms. The van der Waals surface area contributed by atoms with Crippen molar-refractivity contribution < 1.29 is 4.79 Å². The molecule has 0 aliphatic rings. The van der Waals surface area contributed by atoms with Crippen LogP contribution in [0.1, 0.15) is 24.8 Å². The van der Waals surface area contributed by atoms with Crippen LogP contribution in [-0.4, -0.2) is 35.2 Å². The van der Waals surface area contributed by atoms with Crippen LogP contribution in [0.5, 0.6) is 0 Å². The van der Waals surface area contributed by atoms with Crippen LogP contribution in [-0.2, 0) is 0 Å². The van der Waals surface area contributed by atoms with Gasteiger partial charge in [0.15, 0.2) is 0 Å². The van der Waals surface area contributed by atoms with Crippen molar-refractivity contribution in [1.29, 1.82) is 0 Å².